The zero-order valence-corrected chi connectivity index (χ0v) is 11.2. The second-order valence-electron chi connectivity index (χ2n) is 5.04. The first-order valence-corrected chi connectivity index (χ1v) is 6.82. The predicted molar refractivity (Wildman–Crippen MR) is 78.2 cm³/mol. The van der Waals surface area contributed by atoms with Gasteiger partial charge in [-0.05, 0) is 30.5 Å². The summed E-state index contributed by atoms with van der Waals surface area (Å²) < 4.78 is 0. The van der Waals surface area contributed by atoms with Gasteiger partial charge in [-0.1, -0.05) is 24.3 Å². The summed E-state index contributed by atoms with van der Waals surface area (Å²) in [5.74, 6) is 0.583. The van der Waals surface area contributed by atoms with E-state index in [1.54, 1.807) is 6.20 Å². The number of aromatic nitrogens is 1. The molecule has 0 bridgehead atoms. The number of hydrogen-bond donors (Lipinski definition) is 1. The third kappa shape index (κ3) is 2.37. The zero-order valence-electron chi connectivity index (χ0n) is 11.2. The fraction of sp³-hybridized carbons (Fsp3) is 0.250. The van der Waals surface area contributed by atoms with Gasteiger partial charge in [0.2, 0.25) is 0 Å². The molecule has 102 valence electrons. The van der Waals surface area contributed by atoms with Crippen LogP contribution in [0.2, 0.25) is 0 Å². The van der Waals surface area contributed by atoms with Crippen LogP contribution in [0.4, 0.5) is 5.82 Å². The van der Waals surface area contributed by atoms with Gasteiger partial charge in [0, 0.05) is 30.4 Å². The molecule has 0 saturated heterocycles. The average Bonchev–Trinajstić information content (AvgIpc) is 2.62. The number of rotatable bonds is 2. The molecule has 0 aliphatic carbocycles. The molecule has 1 aromatic heterocycles. The molecule has 2 N–H and O–H groups in total. The minimum Gasteiger partial charge on any atom is -0.383 e. The van der Waals surface area contributed by atoms with Crippen molar-refractivity contribution in [2.75, 3.05) is 12.3 Å². The fourth-order valence-electron chi connectivity index (χ4n) is 2.62. The van der Waals surface area contributed by atoms with E-state index in [0.29, 0.717) is 12.4 Å². The van der Waals surface area contributed by atoms with Crippen molar-refractivity contribution in [3.63, 3.8) is 0 Å². The van der Waals surface area contributed by atoms with Crippen molar-refractivity contribution in [1.82, 2.24) is 9.88 Å². The van der Waals surface area contributed by atoms with Gasteiger partial charge in [0.15, 0.2) is 0 Å². The van der Waals surface area contributed by atoms with Crippen molar-refractivity contribution in [3.8, 4) is 0 Å². The number of carbonyl (C=O) groups excluding carboxylic acids is 1. The first-order chi connectivity index (χ1) is 9.75. The molecule has 1 aromatic carbocycles. The Labute approximate surface area is 118 Å². The van der Waals surface area contributed by atoms with Crippen LogP contribution in [-0.4, -0.2) is 22.3 Å². The summed E-state index contributed by atoms with van der Waals surface area (Å²) in [7, 11) is 0. The Bertz CT molecular complexity index is 639. The number of hydrogen-bond acceptors (Lipinski definition) is 3. The van der Waals surface area contributed by atoms with Gasteiger partial charge in [-0.3, -0.25) is 4.79 Å². The summed E-state index contributed by atoms with van der Waals surface area (Å²) in [5.41, 5.74) is 8.72. The Balaban J connectivity index is 1.88. The third-order valence-electron chi connectivity index (χ3n) is 3.70. The smallest absolute Gasteiger partial charge is 0.254 e. The van der Waals surface area contributed by atoms with E-state index in [-0.39, 0.29) is 5.91 Å². The van der Waals surface area contributed by atoms with Crippen molar-refractivity contribution in [1.29, 1.82) is 0 Å². The number of amides is 1. The highest BCUT2D eigenvalue weighted by Gasteiger charge is 2.22. The SMILES string of the molecule is Nc1ncccc1CN1CCCc2ccccc2C1=O. The van der Waals surface area contributed by atoms with E-state index in [1.807, 2.05) is 41.3 Å². The van der Waals surface area contributed by atoms with Gasteiger partial charge in [0.05, 0.1) is 0 Å². The number of nitrogen functional groups attached to an aromatic ring is 1. The van der Waals surface area contributed by atoms with Crippen molar-refractivity contribution in [3.05, 3.63) is 59.3 Å². The van der Waals surface area contributed by atoms with E-state index in [9.17, 15) is 4.79 Å². The van der Waals surface area contributed by atoms with Crippen LogP contribution < -0.4 is 5.73 Å². The number of carbonyl (C=O) groups is 1. The van der Waals surface area contributed by atoms with Gasteiger partial charge >= 0.3 is 0 Å². The van der Waals surface area contributed by atoms with Crippen LogP contribution in [0.1, 0.15) is 27.9 Å². The number of pyridine rings is 1. The van der Waals surface area contributed by atoms with Crippen molar-refractivity contribution < 1.29 is 4.79 Å². The molecule has 0 fully saturated rings. The minimum atomic E-state index is 0.0846. The molecule has 2 heterocycles. The van der Waals surface area contributed by atoms with Gasteiger partial charge < -0.3 is 10.6 Å². The maximum atomic E-state index is 12.6. The molecule has 1 aliphatic heterocycles. The van der Waals surface area contributed by atoms with Crippen molar-refractivity contribution >= 4 is 11.7 Å². The standard InChI is InChI=1S/C16H17N3O/c17-15-13(6-3-9-18-15)11-19-10-4-7-12-5-1-2-8-14(12)16(19)20/h1-3,5-6,8-9H,4,7,10-11H2,(H2,17,18). The molecule has 20 heavy (non-hydrogen) atoms. The van der Waals surface area contributed by atoms with Crippen LogP contribution >= 0.6 is 0 Å². The largest absolute Gasteiger partial charge is 0.383 e. The molecule has 3 rings (SSSR count). The van der Waals surface area contributed by atoms with E-state index >= 15 is 0 Å². The van der Waals surface area contributed by atoms with Crippen LogP contribution in [0.5, 0.6) is 0 Å². The van der Waals surface area contributed by atoms with Gasteiger partial charge in [0.25, 0.3) is 5.91 Å². The molecule has 0 radical (unpaired) electrons. The molecule has 0 saturated carbocycles. The molecular formula is C16H17N3O. The van der Waals surface area contributed by atoms with Gasteiger partial charge in [-0.25, -0.2) is 4.98 Å². The number of anilines is 1. The van der Waals surface area contributed by atoms with Crippen LogP contribution in [0, 0.1) is 0 Å². The molecule has 0 atom stereocenters. The highest BCUT2D eigenvalue weighted by atomic mass is 16.2. The number of benzene rings is 1. The first kappa shape index (κ1) is 12.7. The molecule has 2 aromatic rings. The van der Waals surface area contributed by atoms with E-state index < -0.39 is 0 Å². The summed E-state index contributed by atoms with van der Waals surface area (Å²) in [6, 6.07) is 11.6. The predicted octanol–water partition coefficient (Wildman–Crippen LogP) is 2.25. The highest BCUT2D eigenvalue weighted by molar-refractivity contribution is 5.96. The Morgan fingerprint density at radius 3 is 2.90 bits per heavy atom. The van der Waals surface area contributed by atoms with E-state index in [2.05, 4.69) is 4.98 Å². The normalized spacial score (nSPS) is 14.8. The molecular weight excluding hydrogens is 250 g/mol. The lowest BCUT2D eigenvalue weighted by Gasteiger charge is -2.21. The summed E-state index contributed by atoms with van der Waals surface area (Å²) in [6.07, 6.45) is 3.59. The second-order valence-corrected chi connectivity index (χ2v) is 5.04. The number of nitrogens with zero attached hydrogens (tertiary/aromatic N) is 2. The summed E-state index contributed by atoms with van der Waals surface area (Å²) in [4.78, 5) is 18.6. The van der Waals surface area contributed by atoms with E-state index in [0.717, 1.165) is 36.1 Å². The second kappa shape index (κ2) is 5.33. The molecule has 4 heteroatoms. The summed E-state index contributed by atoms with van der Waals surface area (Å²) >= 11 is 0. The maximum absolute atomic E-state index is 12.6. The Morgan fingerprint density at radius 1 is 1.20 bits per heavy atom. The number of aryl methyl sites for hydroxylation is 1. The maximum Gasteiger partial charge on any atom is 0.254 e. The lowest BCUT2D eigenvalue weighted by molar-refractivity contribution is 0.0749. The van der Waals surface area contributed by atoms with Crippen LogP contribution in [0.3, 0.4) is 0 Å². The Kier molecular flexibility index (Phi) is 3.37. The summed E-state index contributed by atoms with van der Waals surface area (Å²) in [6.45, 7) is 1.27. The molecule has 0 spiro atoms. The Hall–Kier alpha value is -2.36. The fourth-order valence-corrected chi connectivity index (χ4v) is 2.62. The van der Waals surface area contributed by atoms with Crippen LogP contribution in [0.25, 0.3) is 0 Å². The zero-order chi connectivity index (χ0) is 13.9. The lowest BCUT2D eigenvalue weighted by atomic mass is 10.0. The van der Waals surface area contributed by atoms with E-state index in [4.69, 9.17) is 5.73 Å². The molecule has 1 amide bonds. The molecule has 1 aliphatic rings. The average molecular weight is 267 g/mol. The van der Waals surface area contributed by atoms with Crippen molar-refractivity contribution in [2.45, 2.75) is 19.4 Å². The van der Waals surface area contributed by atoms with Gasteiger partial charge in [0.1, 0.15) is 5.82 Å². The summed E-state index contributed by atoms with van der Waals surface area (Å²) in [5, 5.41) is 0. The molecule has 4 nitrogen and oxygen atoms in total. The number of nitrogens with two attached hydrogens (primary N) is 1. The van der Waals surface area contributed by atoms with Crippen LogP contribution in [-0.2, 0) is 13.0 Å². The van der Waals surface area contributed by atoms with Gasteiger partial charge in [-0.2, -0.15) is 0 Å². The van der Waals surface area contributed by atoms with Crippen molar-refractivity contribution in [2.24, 2.45) is 0 Å². The topological polar surface area (TPSA) is 59.2 Å². The molecule has 0 unspecified atom stereocenters. The quantitative estimate of drug-likeness (QED) is 0.908. The van der Waals surface area contributed by atoms with Crippen LogP contribution in [0.15, 0.2) is 42.6 Å². The van der Waals surface area contributed by atoms with E-state index in [1.165, 1.54) is 0 Å². The lowest BCUT2D eigenvalue weighted by Crippen LogP contribution is -2.30. The third-order valence-corrected chi connectivity index (χ3v) is 3.70. The minimum absolute atomic E-state index is 0.0846. The number of fused-ring (bicyclic) bond motifs is 1. The monoisotopic (exact) mass is 267 g/mol. The first-order valence-electron chi connectivity index (χ1n) is 6.82. The Morgan fingerprint density at radius 2 is 2.05 bits per heavy atom. The van der Waals surface area contributed by atoms with Gasteiger partial charge in [-0.15, -0.1) is 0 Å². The highest BCUT2D eigenvalue weighted by Crippen LogP contribution is 2.21.